The minimum Gasteiger partial charge on any atom is -0.506 e. The summed E-state index contributed by atoms with van der Waals surface area (Å²) in [7, 11) is 0. The number of benzene rings is 4. The number of aryl methyl sites for hydroxylation is 1. The van der Waals surface area contributed by atoms with Crippen molar-refractivity contribution >= 4 is 22.8 Å². The summed E-state index contributed by atoms with van der Waals surface area (Å²) in [6.45, 7) is 2.09. The van der Waals surface area contributed by atoms with Gasteiger partial charge in [0.15, 0.2) is 0 Å². The SMILES string of the molecule is O=C(CCc1ccc(OCc2ccc(CNC[C@H](O)c3ccc(O)c4[nH]c(=O)ccc34)cc2)cc1)N1CCC(C(=O)O)(c2ccccc2)CC1. The Morgan fingerprint density at radius 3 is 2.24 bits per heavy atom. The molecule has 0 aliphatic carbocycles. The van der Waals surface area contributed by atoms with Crippen molar-refractivity contribution in [3.8, 4) is 11.5 Å². The molecule has 6 rings (SSSR count). The second kappa shape index (κ2) is 15.4. The van der Waals surface area contributed by atoms with Crippen molar-refractivity contribution in [3.63, 3.8) is 0 Å². The van der Waals surface area contributed by atoms with Gasteiger partial charge in [0.2, 0.25) is 11.5 Å². The minimum absolute atomic E-state index is 0.0387. The molecule has 1 aliphatic heterocycles. The summed E-state index contributed by atoms with van der Waals surface area (Å²) < 4.78 is 5.98. The zero-order valence-electron chi connectivity index (χ0n) is 27.7. The number of aromatic nitrogens is 1. The first kappa shape index (κ1) is 34.4. The third kappa shape index (κ3) is 7.88. The highest BCUT2D eigenvalue weighted by atomic mass is 16.5. The molecular formula is C40H41N3O7. The second-order valence-corrected chi connectivity index (χ2v) is 12.8. The van der Waals surface area contributed by atoms with Gasteiger partial charge in [0.1, 0.15) is 18.1 Å². The highest BCUT2D eigenvalue weighted by molar-refractivity contribution is 5.87. The minimum atomic E-state index is -0.949. The lowest BCUT2D eigenvalue weighted by molar-refractivity contribution is -0.148. The van der Waals surface area contributed by atoms with Crippen molar-refractivity contribution in [1.29, 1.82) is 0 Å². The maximum Gasteiger partial charge on any atom is 0.314 e. The number of nitrogens with zero attached hydrogens (tertiary/aromatic N) is 1. The topological polar surface area (TPSA) is 152 Å². The first-order valence-electron chi connectivity index (χ1n) is 16.8. The molecule has 0 radical (unpaired) electrons. The van der Waals surface area contributed by atoms with E-state index in [4.69, 9.17) is 4.74 Å². The number of ether oxygens (including phenoxy) is 1. The van der Waals surface area contributed by atoms with Gasteiger partial charge in [-0.15, -0.1) is 0 Å². The number of aliphatic hydroxyl groups is 1. The van der Waals surface area contributed by atoms with Crippen LogP contribution >= 0.6 is 0 Å². The molecule has 0 bridgehead atoms. The van der Waals surface area contributed by atoms with Gasteiger partial charge >= 0.3 is 5.97 Å². The third-order valence-corrected chi connectivity index (χ3v) is 9.62. The van der Waals surface area contributed by atoms with Gasteiger partial charge in [0.25, 0.3) is 0 Å². The number of rotatable bonds is 13. The Labute approximate surface area is 290 Å². The predicted octanol–water partition coefficient (Wildman–Crippen LogP) is 5.21. The number of aliphatic carboxylic acids is 1. The van der Waals surface area contributed by atoms with E-state index in [1.807, 2.05) is 78.9 Å². The first-order chi connectivity index (χ1) is 24.2. The summed E-state index contributed by atoms with van der Waals surface area (Å²) in [6, 6.07) is 31.2. The van der Waals surface area contributed by atoms with Gasteiger partial charge in [0.05, 0.1) is 17.0 Å². The number of aromatic hydroxyl groups is 1. The molecule has 50 heavy (non-hydrogen) atoms. The van der Waals surface area contributed by atoms with Crippen molar-refractivity contribution in [3.05, 3.63) is 141 Å². The average molecular weight is 676 g/mol. The number of phenols is 1. The largest absolute Gasteiger partial charge is 0.506 e. The van der Waals surface area contributed by atoms with E-state index < -0.39 is 17.5 Å². The molecule has 4 aromatic carbocycles. The number of aromatic amines is 1. The maximum atomic E-state index is 13.0. The molecule has 2 heterocycles. The van der Waals surface area contributed by atoms with Crippen molar-refractivity contribution < 1.29 is 29.6 Å². The molecule has 258 valence electrons. The molecule has 5 N–H and O–H groups in total. The van der Waals surface area contributed by atoms with Crippen molar-refractivity contribution in [2.75, 3.05) is 19.6 Å². The van der Waals surface area contributed by atoms with Crippen LogP contribution < -0.4 is 15.6 Å². The van der Waals surface area contributed by atoms with Crippen molar-refractivity contribution in [2.24, 2.45) is 0 Å². The number of carboxylic acids is 1. The summed E-state index contributed by atoms with van der Waals surface area (Å²) in [5.74, 6) is -0.109. The fraction of sp³-hybridized carbons (Fsp3) is 0.275. The molecule has 1 atom stereocenters. The van der Waals surface area contributed by atoms with E-state index in [2.05, 4.69) is 10.3 Å². The Morgan fingerprint density at radius 2 is 1.54 bits per heavy atom. The lowest BCUT2D eigenvalue weighted by atomic mass is 9.73. The Bertz CT molecular complexity index is 1980. The van der Waals surface area contributed by atoms with Gasteiger partial charge in [0, 0.05) is 44.1 Å². The van der Waals surface area contributed by atoms with Crippen LogP contribution in [0.3, 0.4) is 0 Å². The van der Waals surface area contributed by atoms with Crippen LogP contribution in [0.1, 0.15) is 53.2 Å². The van der Waals surface area contributed by atoms with Crippen LogP contribution in [0.25, 0.3) is 10.9 Å². The molecule has 1 amide bonds. The number of phenolic OH excluding ortho intramolecular Hbond substituents is 1. The lowest BCUT2D eigenvalue weighted by Gasteiger charge is -2.39. The van der Waals surface area contributed by atoms with Crippen LogP contribution in [0.4, 0.5) is 0 Å². The number of likely N-dealkylation sites (tertiary alicyclic amines) is 1. The van der Waals surface area contributed by atoms with Gasteiger partial charge in [-0.05, 0) is 71.3 Å². The van der Waals surface area contributed by atoms with Crippen LogP contribution in [0.5, 0.6) is 11.5 Å². The van der Waals surface area contributed by atoms with E-state index in [-0.39, 0.29) is 23.8 Å². The van der Waals surface area contributed by atoms with Crippen molar-refractivity contribution in [2.45, 2.75) is 50.4 Å². The van der Waals surface area contributed by atoms with E-state index in [0.29, 0.717) is 68.4 Å². The molecule has 0 spiro atoms. The normalized spacial score (nSPS) is 14.7. The highest BCUT2D eigenvalue weighted by Crippen LogP contribution is 2.36. The molecule has 1 aliphatic rings. The summed E-state index contributed by atoms with van der Waals surface area (Å²) >= 11 is 0. The number of carboxylic acid groups (broad SMARTS) is 1. The average Bonchev–Trinajstić information content (AvgIpc) is 3.14. The summed E-state index contributed by atoms with van der Waals surface area (Å²) in [4.78, 5) is 41.3. The molecule has 10 heteroatoms. The Balaban J connectivity index is 0.920. The van der Waals surface area contributed by atoms with Crippen LogP contribution in [-0.2, 0) is 34.6 Å². The second-order valence-electron chi connectivity index (χ2n) is 12.8. The van der Waals surface area contributed by atoms with Gasteiger partial charge in [-0.2, -0.15) is 0 Å². The quantitative estimate of drug-likeness (QED) is 0.114. The number of carbonyl (C=O) groups is 2. The van der Waals surface area contributed by atoms with E-state index >= 15 is 0 Å². The predicted molar refractivity (Wildman–Crippen MR) is 190 cm³/mol. The van der Waals surface area contributed by atoms with E-state index in [0.717, 1.165) is 28.0 Å². The molecular weight excluding hydrogens is 634 g/mol. The number of pyridine rings is 1. The fourth-order valence-electron chi connectivity index (χ4n) is 6.62. The molecule has 1 aromatic heterocycles. The van der Waals surface area contributed by atoms with Gasteiger partial charge in [-0.25, -0.2) is 0 Å². The van der Waals surface area contributed by atoms with Crippen molar-refractivity contribution in [1.82, 2.24) is 15.2 Å². The molecule has 0 unspecified atom stereocenters. The Morgan fingerprint density at radius 1 is 0.860 bits per heavy atom. The molecule has 1 fully saturated rings. The number of hydrogen-bond donors (Lipinski definition) is 5. The van der Waals surface area contributed by atoms with Crippen LogP contribution in [0, 0.1) is 0 Å². The number of piperidine rings is 1. The zero-order valence-corrected chi connectivity index (χ0v) is 27.7. The number of aliphatic hydroxyl groups excluding tert-OH is 1. The first-order valence-corrected chi connectivity index (χ1v) is 16.8. The standard InChI is InChI=1S/C40H41N3O7/c44-34-17-15-32(33-16-18-36(46)42-38(33)34)35(45)25-41-24-28-6-8-29(9-7-28)26-50-31-13-10-27(11-14-31)12-19-37(47)43-22-20-40(21-23-43,39(48)49)30-4-2-1-3-5-30/h1-11,13-18,35,41,44-45H,12,19-26H2,(H,42,46)(H,48,49)/t35-/m0/s1. The van der Waals surface area contributed by atoms with Crippen LogP contribution in [0.2, 0.25) is 0 Å². The maximum absolute atomic E-state index is 13.0. The summed E-state index contributed by atoms with van der Waals surface area (Å²) in [6.07, 6.45) is 0.928. The monoisotopic (exact) mass is 675 g/mol. The van der Waals surface area contributed by atoms with Gasteiger partial charge in [-0.1, -0.05) is 72.8 Å². The summed E-state index contributed by atoms with van der Waals surface area (Å²) in [5.41, 5.74) is 3.52. The van der Waals surface area contributed by atoms with Gasteiger partial charge in [-0.3, -0.25) is 14.4 Å². The van der Waals surface area contributed by atoms with E-state index in [9.17, 15) is 29.7 Å². The number of hydrogen-bond acceptors (Lipinski definition) is 7. The molecule has 5 aromatic rings. The van der Waals surface area contributed by atoms with E-state index in [1.54, 1.807) is 17.0 Å². The fourth-order valence-corrected chi connectivity index (χ4v) is 6.62. The molecule has 0 saturated carbocycles. The van der Waals surface area contributed by atoms with Crippen LogP contribution in [0.15, 0.2) is 108 Å². The zero-order chi connectivity index (χ0) is 35.1. The van der Waals surface area contributed by atoms with E-state index in [1.165, 1.54) is 12.1 Å². The Kier molecular flexibility index (Phi) is 10.6. The smallest absolute Gasteiger partial charge is 0.314 e. The van der Waals surface area contributed by atoms with Crippen LogP contribution in [-0.4, -0.2) is 56.7 Å². The number of amides is 1. The molecule has 10 nitrogen and oxygen atoms in total. The number of fused-ring (bicyclic) bond motifs is 1. The summed E-state index contributed by atoms with van der Waals surface area (Å²) in [5, 5.41) is 34.8. The third-order valence-electron chi connectivity index (χ3n) is 9.62. The Hall–Kier alpha value is -5.45. The number of H-pyrrole nitrogens is 1. The lowest BCUT2D eigenvalue weighted by Crippen LogP contribution is -2.49. The molecule has 1 saturated heterocycles. The van der Waals surface area contributed by atoms with Gasteiger partial charge < -0.3 is 35.3 Å². The number of carbonyl (C=O) groups excluding carboxylic acids is 1. The highest BCUT2D eigenvalue weighted by Gasteiger charge is 2.43. The number of nitrogens with one attached hydrogen (secondary N) is 2.